The van der Waals surface area contributed by atoms with E-state index < -0.39 is 0 Å². The molecule has 1 heteroatoms. The molecule has 58 heavy (non-hydrogen) atoms. The Morgan fingerprint density at radius 2 is 0.879 bits per heavy atom. The zero-order valence-electron chi connectivity index (χ0n) is 32.7. The summed E-state index contributed by atoms with van der Waals surface area (Å²) in [5, 5.41) is 7.51. The molecule has 0 aromatic heterocycles. The second-order valence-electron chi connectivity index (χ2n) is 16.0. The highest BCUT2D eigenvalue weighted by Gasteiger charge is 2.36. The average molecular weight is 740 g/mol. The molecule has 0 atom stereocenters. The van der Waals surface area contributed by atoms with Gasteiger partial charge in [-0.1, -0.05) is 202 Å². The Hall–Kier alpha value is -7.22. The van der Waals surface area contributed by atoms with E-state index in [4.69, 9.17) is 0 Å². The number of rotatable bonds is 6. The molecule has 1 aliphatic rings. The molecule has 1 nitrogen and oxygen atoms in total. The first-order valence-corrected chi connectivity index (χ1v) is 20.3. The number of benzene rings is 10. The minimum atomic E-state index is -0.149. The molecule has 0 saturated heterocycles. The van der Waals surface area contributed by atoms with E-state index in [1.165, 1.54) is 88.0 Å². The predicted octanol–water partition coefficient (Wildman–Crippen LogP) is 15.9. The summed E-state index contributed by atoms with van der Waals surface area (Å²) in [5.74, 6) is 0. The van der Waals surface area contributed by atoms with E-state index in [1.54, 1.807) is 0 Å². The first-order valence-electron chi connectivity index (χ1n) is 20.3. The SMILES string of the molecule is CC1(C)c2ccccc2-c2ccc(N(c3ccccc3-c3cccc4c3ccc3ccccc34)c3ccccc3-c3cccc4cccc(-c5ccccc5)c34)cc21. The van der Waals surface area contributed by atoms with Crippen LogP contribution in [0.2, 0.25) is 0 Å². The van der Waals surface area contributed by atoms with Gasteiger partial charge in [-0.25, -0.2) is 0 Å². The van der Waals surface area contributed by atoms with E-state index in [-0.39, 0.29) is 5.41 Å². The molecule has 274 valence electrons. The molecule has 0 radical (unpaired) electrons. The van der Waals surface area contributed by atoms with Crippen molar-refractivity contribution in [2.24, 2.45) is 0 Å². The van der Waals surface area contributed by atoms with Crippen LogP contribution in [-0.2, 0) is 5.41 Å². The Bertz CT molecular complexity index is 3200. The van der Waals surface area contributed by atoms with Gasteiger partial charge in [0.15, 0.2) is 0 Å². The van der Waals surface area contributed by atoms with Gasteiger partial charge in [-0.15, -0.1) is 0 Å². The third-order valence-corrected chi connectivity index (χ3v) is 12.5. The summed E-state index contributed by atoms with van der Waals surface area (Å²) in [6.45, 7) is 4.74. The van der Waals surface area contributed by atoms with Crippen LogP contribution < -0.4 is 4.90 Å². The second-order valence-corrected chi connectivity index (χ2v) is 16.0. The van der Waals surface area contributed by atoms with Crippen molar-refractivity contribution in [3.05, 3.63) is 223 Å². The largest absolute Gasteiger partial charge is 0.309 e. The number of hydrogen-bond donors (Lipinski definition) is 0. The first kappa shape index (κ1) is 34.1. The quantitative estimate of drug-likeness (QED) is 0.154. The Labute approximate surface area is 340 Å². The molecule has 0 unspecified atom stereocenters. The van der Waals surface area contributed by atoms with Gasteiger partial charge in [0.1, 0.15) is 0 Å². The molecule has 0 aliphatic heterocycles. The highest BCUT2D eigenvalue weighted by molar-refractivity contribution is 6.14. The van der Waals surface area contributed by atoms with E-state index in [0.717, 1.165) is 17.1 Å². The molecule has 0 saturated carbocycles. The number of nitrogens with zero attached hydrogens (tertiary/aromatic N) is 1. The van der Waals surface area contributed by atoms with Crippen molar-refractivity contribution in [1.82, 2.24) is 0 Å². The van der Waals surface area contributed by atoms with Gasteiger partial charge in [-0.05, 0) is 101 Å². The van der Waals surface area contributed by atoms with Crippen LogP contribution in [0.4, 0.5) is 17.1 Å². The molecule has 10 aromatic rings. The van der Waals surface area contributed by atoms with Gasteiger partial charge in [-0.3, -0.25) is 0 Å². The first-order chi connectivity index (χ1) is 28.6. The molecule has 11 rings (SSSR count). The average Bonchev–Trinajstić information content (AvgIpc) is 3.51. The topological polar surface area (TPSA) is 3.24 Å². The Morgan fingerprint density at radius 1 is 0.328 bits per heavy atom. The van der Waals surface area contributed by atoms with Crippen molar-refractivity contribution in [1.29, 1.82) is 0 Å². The summed E-state index contributed by atoms with van der Waals surface area (Å²) >= 11 is 0. The van der Waals surface area contributed by atoms with Crippen molar-refractivity contribution >= 4 is 49.4 Å². The lowest BCUT2D eigenvalue weighted by Crippen LogP contribution is -2.17. The van der Waals surface area contributed by atoms with Gasteiger partial charge in [0.05, 0.1) is 11.4 Å². The predicted molar refractivity (Wildman–Crippen MR) is 248 cm³/mol. The summed E-state index contributed by atoms with van der Waals surface area (Å²) in [7, 11) is 0. The highest BCUT2D eigenvalue weighted by Crippen LogP contribution is 2.53. The van der Waals surface area contributed by atoms with Gasteiger partial charge in [0.25, 0.3) is 0 Å². The fourth-order valence-electron chi connectivity index (χ4n) is 9.73. The number of para-hydroxylation sites is 2. The number of fused-ring (bicyclic) bond motifs is 7. The van der Waals surface area contributed by atoms with Crippen LogP contribution in [0.5, 0.6) is 0 Å². The summed E-state index contributed by atoms with van der Waals surface area (Å²) in [6.07, 6.45) is 0. The lowest BCUT2D eigenvalue weighted by Gasteiger charge is -2.31. The third kappa shape index (κ3) is 5.31. The van der Waals surface area contributed by atoms with Gasteiger partial charge >= 0.3 is 0 Å². The second kappa shape index (κ2) is 13.5. The normalized spacial score (nSPS) is 12.8. The monoisotopic (exact) mass is 739 g/mol. The van der Waals surface area contributed by atoms with Crippen LogP contribution in [-0.4, -0.2) is 0 Å². The molecule has 0 bridgehead atoms. The van der Waals surface area contributed by atoms with E-state index >= 15 is 0 Å². The summed E-state index contributed by atoms with van der Waals surface area (Å²) < 4.78 is 0. The maximum atomic E-state index is 2.52. The van der Waals surface area contributed by atoms with E-state index in [9.17, 15) is 0 Å². The van der Waals surface area contributed by atoms with Crippen molar-refractivity contribution in [3.8, 4) is 44.5 Å². The Kier molecular flexibility index (Phi) is 7.91. The van der Waals surface area contributed by atoms with Crippen LogP contribution in [0.3, 0.4) is 0 Å². The minimum Gasteiger partial charge on any atom is -0.309 e. The summed E-state index contributed by atoms with van der Waals surface area (Å²) in [6, 6.07) is 78.3. The molecule has 0 heterocycles. The smallest absolute Gasteiger partial charge is 0.0540 e. The van der Waals surface area contributed by atoms with Crippen LogP contribution in [0.1, 0.15) is 25.0 Å². The van der Waals surface area contributed by atoms with E-state index in [2.05, 4.69) is 231 Å². The van der Waals surface area contributed by atoms with E-state index in [0.29, 0.717) is 0 Å². The zero-order valence-corrected chi connectivity index (χ0v) is 32.7. The number of hydrogen-bond acceptors (Lipinski definition) is 1. The lowest BCUT2D eigenvalue weighted by atomic mass is 9.82. The standard InChI is InChI=1S/C57H41N/c1-57(2)52-30-11-8-23-47(52)48-36-34-41(37-53(48)57)58(54-31-12-9-24-49(54)45-28-16-27-44-42-22-7-6-19-39(42)33-35-46(44)45)55-32-13-10-25-50(55)51-29-15-21-40-20-14-26-43(56(40)51)38-17-4-3-5-18-38/h3-37H,1-2H3. The molecule has 1 aliphatic carbocycles. The molecule has 0 fully saturated rings. The van der Waals surface area contributed by atoms with Crippen molar-refractivity contribution < 1.29 is 0 Å². The number of anilines is 3. The van der Waals surface area contributed by atoms with E-state index in [1.807, 2.05) is 0 Å². The minimum absolute atomic E-state index is 0.149. The Balaban J connectivity index is 1.20. The zero-order chi connectivity index (χ0) is 38.8. The van der Waals surface area contributed by atoms with Crippen LogP contribution in [0.15, 0.2) is 212 Å². The molecule has 0 amide bonds. The Morgan fingerprint density at radius 3 is 1.67 bits per heavy atom. The lowest BCUT2D eigenvalue weighted by molar-refractivity contribution is 0.660. The highest BCUT2D eigenvalue weighted by atomic mass is 15.1. The van der Waals surface area contributed by atoms with Crippen molar-refractivity contribution in [2.75, 3.05) is 4.90 Å². The maximum absolute atomic E-state index is 2.52. The molecular formula is C57H41N. The third-order valence-electron chi connectivity index (χ3n) is 12.5. The van der Waals surface area contributed by atoms with Crippen LogP contribution in [0, 0.1) is 0 Å². The van der Waals surface area contributed by atoms with Crippen LogP contribution >= 0.6 is 0 Å². The summed E-state index contributed by atoms with van der Waals surface area (Å²) in [4.78, 5) is 2.52. The van der Waals surface area contributed by atoms with Crippen molar-refractivity contribution in [3.63, 3.8) is 0 Å². The van der Waals surface area contributed by atoms with Crippen molar-refractivity contribution in [2.45, 2.75) is 19.3 Å². The molecular weight excluding hydrogens is 699 g/mol. The summed E-state index contributed by atoms with van der Waals surface area (Å²) in [5.41, 5.74) is 15.8. The molecule has 10 aromatic carbocycles. The fraction of sp³-hybridized carbons (Fsp3) is 0.0526. The van der Waals surface area contributed by atoms with Gasteiger partial charge < -0.3 is 4.90 Å². The molecule has 0 N–H and O–H groups in total. The van der Waals surface area contributed by atoms with Gasteiger partial charge in [0.2, 0.25) is 0 Å². The van der Waals surface area contributed by atoms with Gasteiger partial charge in [0, 0.05) is 22.2 Å². The molecule has 0 spiro atoms. The van der Waals surface area contributed by atoms with Gasteiger partial charge in [-0.2, -0.15) is 0 Å². The maximum Gasteiger partial charge on any atom is 0.0540 e. The van der Waals surface area contributed by atoms with Crippen LogP contribution in [0.25, 0.3) is 76.8 Å². The fourth-order valence-corrected chi connectivity index (χ4v) is 9.73.